The Kier molecular flexibility index (Phi) is 7.88. The molecule has 0 spiro atoms. The van der Waals surface area contributed by atoms with E-state index in [-0.39, 0.29) is 12.5 Å². The summed E-state index contributed by atoms with van der Waals surface area (Å²) in [4.78, 5) is 2.38. The Bertz CT molecular complexity index is 250. The van der Waals surface area contributed by atoms with Crippen molar-refractivity contribution in [3.63, 3.8) is 0 Å². The Labute approximate surface area is 121 Å². The summed E-state index contributed by atoms with van der Waals surface area (Å²) < 4.78 is 36.6. The van der Waals surface area contributed by atoms with Gasteiger partial charge in [-0.3, -0.25) is 4.90 Å². The summed E-state index contributed by atoms with van der Waals surface area (Å²) >= 11 is 0. The van der Waals surface area contributed by atoms with Gasteiger partial charge in [0.25, 0.3) is 0 Å². The van der Waals surface area contributed by atoms with Gasteiger partial charge in [-0.1, -0.05) is 13.3 Å². The highest BCUT2D eigenvalue weighted by molar-refractivity contribution is 4.80. The van der Waals surface area contributed by atoms with Crippen LogP contribution in [0.15, 0.2) is 0 Å². The van der Waals surface area contributed by atoms with Gasteiger partial charge in [-0.2, -0.15) is 13.2 Å². The molecule has 0 radical (unpaired) electrons. The van der Waals surface area contributed by atoms with E-state index in [1.165, 1.54) is 12.8 Å². The van der Waals surface area contributed by atoms with E-state index in [0.29, 0.717) is 12.5 Å². The second-order valence-electron chi connectivity index (χ2n) is 6.00. The molecule has 20 heavy (non-hydrogen) atoms. The highest BCUT2D eigenvalue weighted by Crippen LogP contribution is 2.23. The quantitative estimate of drug-likeness (QED) is 0.692. The third-order valence-electron chi connectivity index (χ3n) is 4.12. The second-order valence-corrected chi connectivity index (χ2v) is 6.00. The van der Waals surface area contributed by atoms with Crippen molar-refractivity contribution < 1.29 is 13.2 Å². The molecular weight excluding hydrogens is 265 g/mol. The molecule has 2 atom stereocenters. The molecule has 1 N–H and O–H groups in total. The van der Waals surface area contributed by atoms with Crippen molar-refractivity contribution in [2.24, 2.45) is 0 Å². The summed E-state index contributed by atoms with van der Waals surface area (Å²) in [6.07, 6.45) is 0.871. The maximum absolute atomic E-state index is 12.2. The van der Waals surface area contributed by atoms with Gasteiger partial charge in [0.05, 0.1) is 0 Å². The summed E-state index contributed by atoms with van der Waals surface area (Å²) in [7, 11) is 0. The Morgan fingerprint density at radius 3 is 2.60 bits per heavy atom. The van der Waals surface area contributed by atoms with E-state index in [1.54, 1.807) is 0 Å². The summed E-state index contributed by atoms with van der Waals surface area (Å²) in [5, 5.41) is 3.48. The lowest BCUT2D eigenvalue weighted by atomic mass is 10.1. The Morgan fingerprint density at radius 1 is 1.30 bits per heavy atom. The first-order chi connectivity index (χ1) is 9.42. The minimum Gasteiger partial charge on any atom is -0.313 e. The minimum atomic E-state index is -4.01. The molecule has 1 fully saturated rings. The monoisotopic (exact) mass is 294 g/mol. The zero-order valence-electron chi connectivity index (χ0n) is 12.8. The average Bonchev–Trinajstić information content (AvgIpc) is 2.85. The topological polar surface area (TPSA) is 15.3 Å². The Balaban J connectivity index is 2.35. The van der Waals surface area contributed by atoms with E-state index in [1.807, 2.05) is 0 Å². The molecule has 1 aliphatic heterocycles. The number of halogens is 3. The zero-order chi connectivity index (χ0) is 15.0. The lowest BCUT2D eigenvalue weighted by Gasteiger charge is -2.31. The normalized spacial score (nSPS) is 21.6. The number of unbranched alkanes of at least 4 members (excludes halogenated alkanes) is 1. The smallest absolute Gasteiger partial charge is 0.313 e. The molecule has 0 aromatic rings. The van der Waals surface area contributed by atoms with E-state index in [2.05, 4.69) is 24.1 Å². The van der Waals surface area contributed by atoms with Crippen molar-refractivity contribution in [2.45, 2.75) is 77.1 Å². The summed E-state index contributed by atoms with van der Waals surface area (Å²) in [5.74, 6) is 0. The standard InChI is InChI=1S/C15H29F3N2/c1-3-4-11-20(12-14-8-6-10-19-14)13(2)7-5-9-15(16,17)18/h13-14,19H,3-12H2,1-2H3. The third-order valence-corrected chi connectivity index (χ3v) is 4.12. The van der Waals surface area contributed by atoms with Gasteiger partial charge in [-0.05, 0) is 52.1 Å². The van der Waals surface area contributed by atoms with Gasteiger partial charge in [0.2, 0.25) is 0 Å². The molecule has 0 aromatic carbocycles. The van der Waals surface area contributed by atoms with E-state index in [4.69, 9.17) is 0 Å². The van der Waals surface area contributed by atoms with Gasteiger partial charge >= 0.3 is 6.18 Å². The average molecular weight is 294 g/mol. The first kappa shape index (κ1) is 17.8. The summed E-state index contributed by atoms with van der Waals surface area (Å²) in [5.41, 5.74) is 0. The molecule has 120 valence electrons. The van der Waals surface area contributed by atoms with Crippen LogP contribution in [0.3, 0.4) is 0 Å². The molecule has 0 aliphatic carbocycles. The predicted octanol–water partition coefficient (Wildman–Crippen LogP) is 3.96. The van der Waals surface area contributed by atoms with Crippen LogP contribution in [-0.4, -0.2) is 42.8 Å². The van der Waals surface area contributed by atoms with Crippen molar-refractivity contribution in [2.75, 3.05) is 19.6 Å². The van der Waals surface area contributed by atoms with E-state index < -0.39 is 12.6 Å². The molecule has 0 aromatic heterocycles. The third kappa shape index (κ3) is 7.48. The van der Waals surface area contributed by atoms with Crippen LogP contribution in [0, 0.1) is 0 Å². The number of alkyl halides is 3. The SMILES string of the molecule is CCCCN(CC1CCCN1)C(C)CCCC(F)(F)F. The fourth-order valence-corrected chi connectivity index (χ4v) is 2.83. The molecule has 1 rings (SSSR count). The number of hydrogen-bond donors (Lipinski definition) is 1. The fourth-order valence-electron chi connectivity index (χ4n) is 2.83. The molecular formula is C15H29F3N2. The van der Waals surface area contributed by atoms with Crippen LogP contribution in [0.25, 0.3) is 0 Å². The van der Waals surface area contributed by atoms with Crippen LogP contribution in [-0.2, 0) is 0 Å². The number of hydrogen-bond acceptors (Lipinski definition) is 2. The minimum absolute atomic E-state index is 0.241. The summed E-state index contributed by atoms with van der Waals surface area (Å²) in [6.45, 7) is 7.28. The van der Waals surface area contributed by atoms with Crippen LogP contribution in [0.1, 0.15) is 58.8 Å². The number of rotatable bonds is 9. The Hall–Kier alpha value is -0.290. The van der Waals surface area contributed by atoms with Gasteiger partial charge in [-0.15, -0.1) is 0 Å². The van der Waals surface area contributed by atoms with Gasteiger partial charge in [0.1, 0.15) is 0 Å². The molecule has 1 heterocycles. The lowest BCUT2D eigenvalue weighted by molar-refractivity contribution is -0.136. The van der Waals surface area contributed by atoms with E-state index >= 15 is 0 Å². The summed E-state index contributed by atoms with van der Waals surface area (Å²) in [6, 6.07) is 0.767. The van der Waals surface area contributed by atoms with Crippen LogP contribution in [0.4, 0.5) is 13.2 Å². The molecule has 5 heteroatoms. The van der Waals surface area contributed by atoms with Crippen LogP contribution >= 0.6 is 0 Å². The van der Waals surface area contributed by atoms with E-state index in [0.717, 1.165) is 32.5 Å². The molecule has 0 amide bonds. The fraction of sp³-hybridized carbons (Fsp3) is 1.00. The number of nitrogens with one attached hydrogen (secondary N) is 1. The molecule has 0 saturated carbocycles. The van der Waals surface area contributed by atoms with Gasteiger partial charge in [-0.25, -0.2) is 0 Å². The lowest BCUT2D eigenvalue weighted by Crippen LogP contribution is -2.42. The molecule has 0 bridgehead atoms. The first-order valence-electron chi connectivity index (χ1n) is 7.96. The Morgan fingerprint density at radius 2 is 2.05 bits per heavy atom. The van der Waals surface area contributed by atoms with Crippen molar-refractivity contribution in [3.05, 3.63) is 0 Å². The van der Waals surface area contributed by atoms with Crippen LogP contribution < -0.4 is 5.32 Å². The maximum Gasteiger partial charge on any atom is 0.389 e. The molecule has 2 nitrogen and oxygen atoms in total. The van der Waals surface area contributed by atoms with Crippen molar-refractivity contribution in [3.8, 4) is 0 Å². The largest absolute Gasteiger partial charge is 0.389 e. The second kappa shape index (κ2) is 8.88. The van der Waals surface area contributed by atoms with Crippen molar-refractivity contribution in [1.82, 2.24) is 10.2 Å². The van der Waals surface area contributed by atoms with Crippen LogP contribution in [0.5, 0.6) is 0 Å². The molecule has 1 saturated heterocycles. The number of nitrogens with zero attached hydrogens (tertiary/aromatic N) is 1. The highest BCUT2D eigenvalue weighted by Gasteiger charge is 2.27. The van der Waals surface area contributed by atoms with Gasteiger partial charge < -0.3 is 5.32 Å². The molecule has 2 unspecified atom stereocenters. The highest BCUT2D eigenvalue weighted by atomic mass is 19.4. The zero-order valence-corrected chi connectivity index (χ0v) is 12.8. The van der Waals surface area contributed by atoms with Gasteiger partial charge in [0, 0.05) is 25.0 Å². The molecule has 1 aliphatic rings. The van der Waals surface area contributed by atoms with Crippen molar-refractivity contribution >= 4 is 0 Å². The maximum atomic E-state index is 12.2. The predicted molar refractivity (Wildman–Crippen MR) is 76.9 cm³/mol. The van der Waals surface area contributed by atoms with Crippen LogP contribution in [0.2, 0.25) is 0 Å². The van der Waals surface area contributed by atoms with E-state index in [9.17, 15) is 13.2 Å². The van der Waals surface area contributed by atoms with Gasteiger partial charge in [0.15, 0.2) is 0 Å². The first-order valence-corrected chi connectivity index (χ1v) is 7.96. The van der Waals surface area contributed by atoms with Crippen molar-refractivity contribution in [1.29, 1.82) is 0 Å².